The summed E-state index contributed by atoms with van der Waals surface area (Å²) < 4.78 is 1.15. The van der Waals surface area contributed by atoms with Gasteiger partial charge in [0.05, 0.1) is 6.04 Å². The lowest BCUT2D eigenvalue weighted by molar-refractivity contribution is 0.552. The van der Waals surface area contributed by atoms with Crippen molar-refractivity contribution in [1.82, 2.24) is 5.32 Å². The van der Waals surface area contributed by atoms with Crippen LogP contribution in [0, 0.1) is 12.3 Å². The number of hydrogen-bond donors (Lipinski definition) is 1. The van der Waals surface area contributed by atoms with Crippen molar-refractivity contribution in [1.29, 1.82) is 0 Å². The van der Waals surface area contributed by atoms with E-state index in [2.05, 4.69) is 45.5 Å². The van der Waals surface area contributed by atoms with E-state index in [1.807, 2.05) is 6.92 Å². The van der Waals surface area contributed by atoms with E-state index in [1.165, 1.54) is 4.88 Å². The summed E-state index contributed by atoms with van der Waals surface area (Å²) in [5.74, 6) is 2.66. The quantitative estimate of drug-likeness (QED) is 0.821. The van der Waals surface area contributed by atoms with Gasteiger partial charge in [-0.1, -0.05) is 5.92 Å². The molecule has 0 aliphatic rings. The molecule has 1 nitrogen and oxygen atoms in total. The van der Waals surface area contributed by atoms with E-state index in [0.717, 1.165) is 4.47 Å². The molecule has 1 heterocycles. The molecule has 3 heteroatoms. The van der Waals surface area contributed by atoms with Crippen molar-refractivity contribution in [2.24, 2.45) is 0 Å². The van der Waals surface area contributed by atoms with Gasteiger partial charge in [0.1, 0.15) is 0 Å². The molecule has 0 saturated carbocycles. The topological polar surface area (TPSA) is 12.0 Å². The molecule has 0 radical (unpaired) electrons. The highest BCUT2D eigenvalue weighted by atomic mass is 79.9. The van der Waals surface area contributed by atoms with E-state index in [1.54, 1.807) is 11.3 Å². The lowest BCUT2D eigenvalue weighted by atomic mass is 10.2. The van der Waals surface area contributed by atoms with E-state index >= 15 is 0 Å². The van der Waals surface area contributed by atoms with Gasteiger partial charge < -0.3 is 0 Å². The van der Waals surface area contributed by atoms with Gasteiger partial charge in [-0.25, -0.2) is 0 Å². The maximum absolute atomic E-state index is 5.29. The molecule has 0 amide bonds. The lowest BCUT2D eigenvalue weighted by Gasteiger charge is -2.15. The van der Waals surface area contributed by atoms with Gasteiger partial charge in [0.2, 0.25) is 0 Å². The molecular weight excluding hydrogens is 246 g/mol. The Kier molecular flexibility index (Phi) is 3.98. The maximum atomic E-state index is 5.29. The summed E-state index contributed by atoms with van der Waals surface area (Å²) in [4.78, 5) is 1.29. The Morgan fingerprint density at radius 2 is 2.31 bits per heavy atom. The first-order valence-corrected chi connectivity index (χ1v) is 5.77. The molecule has 0 aliphatic heterocycles. The predicted octanol–water partition coefficient (Wildman–Crippen LogP) is 3.18. The van der Waals surface area contributed by atoms with Gasteiger partial charge in [-0.15, -0.1) is 17.8 Å². The molecule has 1 rings (SSSR count). The molecule has 0 bridgehead atoms. The summed E-state index contributed by atoms with van der Waals surface area (Å²) in [6.07, 6.45) is 5.29. The molecular formula is C10H12BrNS. The third-order valence-electron chi connectivity index (χ3n) is 1.79. The Hall–Kier alpha value is -0.300. The first kappa shape index (κ1) is 10.8. The lowest BCUT2D eigenvalue weighted by Crippen LogP contribution is -2.27. The van der Waals surface area contributed by atoms with Crippen molar-refractivity contribution in [2.75, 3.05) is 0 Å². The second-order valence-corrected chi connectivity index (χ2v) is 4.71. The van der Waals surface area contributed by atoms with Crippen LogP contribution in [0.4, 0.5) is 0 Å². The van der Waals surface area contributed by atoms with E-state index in [9.17, 15) is 0 Å². The van der Waals surface area contributed by atoms with Crippen LogP contribution in [0.15, 0.2) is 15.9 Å². The second kappa shape index (κ2) is 4.80. The largest absolute Gasteiger partial charge is 0.296 e. The molecule has 70 valence electrons. The van der Waals surface area contributed by atoms with E-state index in [4.69, 9.17) is 6.42 Å². The van der Waals surface area contributed by atoms with Gasteiger partial charge in [-0.2, -0.15) is 0 Å². The molecule has 2 unspecified atom stereocenters. The first-order chi connectivity index (χ1) is 6.15. The van der Waals surface area contributed by atoms with Gasteiger partial charge in [-0.05, 0) is 41.2 Å². The fourth-order valence-corrected chi connectivity index (χ4v) is 2.85. The van der Waals surface area contributed by atoms with E-state index in [-0.39, 0.29) is 6.04 Å². The Morgan fingerprint density at radius 1 is 1.62 bits per heavy atom. The van der Waals surface area contributed by atoms with Gasteiger partial charge in [0.25, 0.3) is 0 Å². The summed E-state index contributed by atoms with van der Waals surface area (Å²) in [7, 11) is 0. The minimum Gasteiger partial charge on any atom is -0.296 e. The fraction of sp³-hybridized carbons (Fsp3) is 0.400. The normalized spacial score (nSPS) is 14.9. The zero-order valence-electron chi connectivity index (χ0n) is 7.67. The number of terminal acetylenes is 1. The van der Waals surface area contributed by atoms with Gasteiger partial charge >= 0.3 is 0 Å². The van der Waals surface area contributed by atoms with Crippen molar-refractivity contribution in [3.8, 4) is 12.3 Å². The van der Waals surface area contributed by atoms with Crippen LogP contribution >= 0.6 is 27.3 Å². The SMILES string of the molecule is C#CC(C)NC(C)c1sccc1Br. The second-order valence-electron chi connectivity index (χ2n) is 2.91. The number of halogens is 1. The third kappa shape index (κ3) is 2.84. The Labute approximate surface area is 91.7 Å². The van der Waals surface area contributed by atoms with E-state index in [0.29, 0.717) is 6.04 Å². The number of rotatable bonds is 3. The average Bonchev–Trinajstić information content (AvgIpc) is 2.51. The fourth-order valence-electron chi connectivity index (χ4n) is 1.11. The summed E-state index contributed by atoms with van der Waals surface area (Å²) in [6.45, 7) is 4.10. The smallest absolute Gasteiger partial charge is 0.0663 e. The van der Waals surface area contributed by atoms with Crippen LogP contribution in [0.2, 0.25) is 0 Å². The summed E-state index contributed by atoms with van der Waals surface area (Å²) >= 11 is 5.23. The van der Waals surface area contributed by atoms with Crippen LogP contribution in [0.5, 0.6) is 0 Å². The van der Waals surface area contributed by atoms with Crippen molar-refractivity contribution in [3.63, 3.8) is 0 Å². The Morgan fingerprint density at radius 3 is 2.77 bits per heavy atom. The first-order valence-electron chi connectivity index (χ1n) is 4.10. The van der Waals surface area contributed by atoms with Crippen molar-refractivity contribution in [3.05, 3.63) is 20.8 Å². The van der Waals surface area contributed by atoms with Crippen molar-refractivity contribution in [2.45, 2.75) is 25.9 Å². The molecule has 0 aliphatic carbocycles. The molecule has 0 fully saturated rings. The molecule has 0 saturated heterocycles. The molecule has 1 aromatic heterocycles. The number of nitrogens with one attached hydrogen (secondary N) is 1. The van der Waals surface area contributed by atoms with Crippen LogP contribution < -0.4 is 5.32 Å². The Bertz CT molecular complexity index is 313. The number of hydrogen-bond acceptors (Lipinski definition) is 2. The van der Waals surface area contributed by atoms with Crippen LogP contribution in [0.1, 0.15) is 24.8 Å². The molecule has 2 atom stereocenters. The highest BCUT2D eigenvalue weighted by Crippen LogP contribution is 2.28. The Balaban J connectivity index is 2.65. The highest BCUT2D eigenvalue weighted by Gasteiger charge is 2.11. The van der Waals surface area contributed by atoms with E-state index < -0.39 is 0 Å². The van der Waals surface area contributed by atoms with Crippen LogP contribution in [-0.2, 0) is 0 Å². The minimum atomic E-state index is 0.115. The molecule has 1 N–H and O–H groups in total. The van der Waals surface area contributed by atoms with Crippen LogP contribution in [0.3, 0.4) is 0 Å². The number of thiophene rings is 1. The van der Waals surface area contributed by atoms with Gasteiger partial charge in [-0.3, -0.25) is 5.32 Å². The van der Waals surface area contributed by atoms with Gasteiger partial charge in [0, 0.05) is 15.4 Å². The molecule has 13 heavy (non-hydrogen) atoms. The van der Waals surface area contributed by atoms with Gasteiger partial charge in [0.15, 0.2) is 0 Å². The summed E-state index contributed by atoms with van der Waals surface area (Å²) in [5, 5.41) is 5.38. The molecule has 0 aromatic carbocycles. The molecule has 0 spiro atoms. The van der Waals surface area contributed by atoms with Crippen molar-refractivity contribution < 1.29 is 0 Å². The maximum Gasteiger partial charge on any atom is 0.0663 e. The summed E-state index contributed by atoms with van der Waals surface area (Å²) in [5.41, 5.74) is 0. The highest BCUT2D eigenvalue weighted by molar-refractivity contribution is 9.10. The zero-order chi connectivity index (χ0) is 9.84. The van der Waals surface area contributed by atoms with Crippen LogP contribution in [0.25, 0.3) is 0 Å². The standard InChI is InChI=1S/C10H12BrNS/c1-4-7(2)12-8(3)10-9(11)5-6-13-10/h1,5-8,12H,2-3H3. The average molecular weight is 258 g/mol. The zero-order valence-corrected chi connectivity index (χ0v) is 10.1. The monoisotopic (exact) mass is 257 g/mol. The minimum absolute atomic E-state index is 0.115. The predicted molar refractivity (Wildman–Crippen MR) is 61.9 cm³/mol. The van der Waals surface area contributed by atoms with Crippen molar-refractivity contribution >= 4 is 27.3 Å². The summed E-state index contributed by atoms with van der Waals surface area (Å²) in [6, 6.07) is 2.48. The van der Waals surface area contributed by atoms with Crippen LogP contribution in [-0.4, -0.2) is 6.04 Å². The molecule has 1 aromatic rings. The third-order valence-corrected chi connectivity index (χ3v) is 3.84.